The van der Waals surface area contributed by atoms with Crippen LogP contribution >= 0.6 is 11.8 Å². The number of nitrogens with zero attached hydrogens (tertiary/aromatic N) is 4. The zero-order valence-electron chi connectivity index (χ0n) is 22.1. The average Bonchev–Trinajstić information content (AvgIpc) is 3.31. The summed E-state index contributed by atoms with van der Waals surface area (Å²) >= 11 is 1.52. The Labute approximate surface area is 237 Å². The van der Waals surface area contributed by atoms with Crippen LogP contribution in [0.4, 0.5) is 5.69 Å². The van der Waals surface area contributed by atoms with Crippen LogP contribution in [0.15, 0.2) is 82.8 Å². The molecule has 0 aliphatic heterocycles. The minimum Gasteiger partial charge on any atom is -0.302 e. The summed E-state index contributed by atoms with van der Waals surface area (Å²) in [5.41, 5.74) is 3.18. The van der Waals surface area contributed by atoms with E-state index in [2.05, 4.69) is 21.7 Å². The lowest BCUT2D eigenvalue weighted by atomic mass is 10.0. The number of thioether (sulfide) groups is 1. The second-order valence-electron chi connectivity index (χ2n) is 9.16. The van der Waals surface area contributed by atoms with Gasteiger partial charge in [-0.05, 0) is 29.2 Å². The number of nitrogens with one attached hydrogen (secondary N) is 1. The second kappa shape index (κ2) is 12.9. The van der Waals surface area contributed by atoms with E-state index in [1.807, 2.05) is 29.0 Å². The third-order valence-corrected chi connectivity index (χ3v) is 8.65. The van der Waals surface area contributed by atoms with Crippen LogP contribution in [0.1, 0.15) is 43.6 Å². The fourth-order valence-corrected chi connectivity index (χ4v) is 6.26. The number of hydrogen-bond acceptors (Lipinski definition) is 8. The van der Waals surface area contributed by atoms with Gasteiger partial charge in [0.15, 0.2) is 5.16 Å². The van der Waals surface area contributed by atoms with Crippen molar-refractivity contribution in [1.82, 2.24) is 19.5 Å². The molecule has 1 amide bonds. The summed E-state index contributed by atoms with van der Waals surface area (Å²) < 4.78 is 29.5. The molecule has 0 spiro atoms. The molecular formula is C28H29N5O5S2. The minimum absolute atomic E-state index is 0.0311. The number of carbonyl (C=O) groups excluding carboxylic acids is 1. The Balaban J connectivity index is 1.56. The van der Waals surface area contributed by atoms with Gasteiger partial charge in [-0.25, -0.2) is 13.1 Å². The van der Waals surface area contributed by atoms with Crippen LogP contribution in [0.5, 0.6) is 0 Å². The number of nitro benzene ring substituents is 1. The van der Waals surface area contributed by atoms with Crippen molar-refractivity contribution in [3.05, 3.63) is 99.9 Å². The van der Waals surface area contributed by atoms with Crippen molar-refractivity contribution in [3.8, 4) is 11.1 Å². The summed E-state index contributed by atoms with van der Waals surface area (Å²) in [6, 6.07) is 20.6. The van der Waals surface area contributed by atoms with E-state index in [4.69, 9.17) is 0 Å². The number of aryl methyl sites for hydroxylation is 1. The lowest BCUT2D eigenvalue weighted by molar-refractivity contribution is -0.384. The van der Waals surface area contributed by atoms with Crippen molar-refractivity contribution in [2.45, 2.75) is 55.5 Å². The van der Waals surface area contributed by atoms with Gasteiger partial charge in [0.05, 0.1) is 16.4 Å². The van der Waals surface area contributed by atoms with E-state index in [-0.39, 0.29) is 10.6 Å². The highest BCUT2D eigenvalue weighted by Gasteiger charge is 2.20. The number of carbonyl (C=O) groups is 1. The maximum absolute atomic E-state index is 12.7. The van der Waals surface area contributed by atoms with Crippen LogP contribution < -0.4 is 4.72 Å². The van der Waals surface area contributed by atoms with E-state index in [1.165, 1.54) is 30.0 Å². The molecule has 0 unspecified atom stereocenters. The van der Waals surface area contributed by atoms with Crippen LogP contribution in [0.3, 0.4) is 0 Å². The lowest BCUT2D eigenvalue weighted by Gasteiger charge is -2.13. The number of amides is 1. The van der Waals surface area contributed by atoms with E-state index in [9.17, 15) is 23.3 Å². The normalized spacial score (nSPS) is 11.3. The number of benzene rings is 3. The quantitative estimate of drug-likeness (QED) is 0.135. The first-order valence-corrected chi connectivity index (χ1v) is 15.1. The fraction of sp³-hybridized carbons (Fsp3) is 0.250. The number of sulfonamides is 1. The van der Waals surface area contributed by atoms with Crippen LogP contribution in [-0.4, -0.2) is 34.0 Å². The molecule has 1 heterocycles. The van der Waals surface area contributed by atoms with Crippen molar-refractivity contribution >= 4 is 33.4 Å². The predicted octanol–water partition coefficient (Wildman–Crippen LogP) is 5.36. The summed E-state index contributed by atoms with van der Waals surface area (Å²) in [4.78, 5) is 22.0. The standard InChI is InChI=1S/C28H29N5O5S2/c1-3-4-9-27-29-30-28(39-19-22-12-16-24(17-13-22)33(35)36)32(27)18-21-10-14-23(15-11-21)25-7-5-6-8-26(25)40(37,38)31-20(2)34/h5-8,10-17H,3-4,9,18-19H2,1-2H3,(H,31,34). The van der Waals surface area contributed by atoms with Gasteiger partial charge in [-0.15, -0.1) is 10.2 Å². The van der Waals surface area contributed by atoms with Crippen LogP contribution in [0.2, 0.25) is 0 Å². The Kier molecular flexibility index (Phi) is 9.33. The largest absolute Gasteiger partial charge is 0.302 e. The molecule has 0 saturated heterocycles. The number of hydrogen-bond donors (Lipinski definition) is 1. The number of non-ortho nitro benzene ring substituents is 1. The minimum atomic E-state index is -4.00. The first-order chi connectivity index (χ1) is 19.2. The Hall–Kier alpha value is -4.03. The lowest BCUT2D eigenvalue weighted by Crippen LogP contribution is -2.28. The highest BCUT2D eigenvalue weighted by molar-refractivity contribution is 7.98. The second-order valence-corrected chi connectivity index (χ2v) is 11.7. The van der Waals surface area contributed by atoms with E-state index in [0.717, 1.165) is 48.3 Å². The average molecular weight is 580 g/mol. The molecule has 4 aromatic rings. The van der Waals surface area contributed by atoms with Gasteiger partial charge < -0.3 is 4.57 Å². The molecule has 12 heteroatoms. The van der Waals surface area contributed by atoms with Gasteiger partial charge in [-0.1, -0.05) is 79.7 Å². The topological polar surface area (TPSA) is 137 Å². The Morgan fingerprint density at radius 2 is 1.68 bits per heavy atom. The van der Waals surface area contributed by atoms with E-state index in [1.54, 1.807) is 30.3 Å². The highest BCUT2D eigenvalue weighted by Crippen LogP contribution is 2.29. The van der Waals surface area contributed by atoms with Crippen molar-refractivity contribution < 1.29 is 18.1 Å². The van der Waals surface area contributed by atoms with E-state index in [0.29, 0.717) is 23.4 Å². The molecule has 0 radical (unpaired) electrons. The number of aromatic nitrogens is 3. The van der Waals surface area contributed by atoms with Gasteiger partial charge in [0.2, 0.25) is 5.91 Å². The first kappa shape index (κ1) is 29.0. The first-order valence-electron chi connectivity index (χ1n) is 12.7. The molecule has 0 fully saturated rings. The maximum atomic E-state index is 12.7. The zero-order valence-corrected chi connectivity index (χ0v) is 23.7. The molecule has 0 bridgehead atoms. The van der Waals surface area contributed by atoms with Crippen LogP contribution in [0, 0.1) is 10.1 Å². The third kappa shape index (κ3) is 7.13. The third-order valence-electron chi connectivity index (χ3n) is 6.12. The Morgan fingerprint density at radius 3 is 2.33 bits per heavy atom. The van der Waals surface area contributed by atoms with Gasteiger partial charge in [0.1, 0.15) is 5.82 Å². The molecule has 40 heavy (non-hydrogen) atoms. The predicted molar refractivity (Wildman–Crippen MR) is 153 cm³/mol. The molecule has 1 N–H and O–H groups in total. The fourth-order valence-electron chi connectivity index (χ4n) is 4.12. The molecule has 0 aliphatic carbocycles. The Morgan fingerprint density at radius 1 is 1.00 bits per heavy atom. The van der Waals surface area contributed by atoms with Crippen LogP contribution in [-0.2, 0) is 33.5 Å². The molecular weight excluding hydrogens is 550 g/mol. The van der Waals surface area contributed by atoms with Gasteiger partial charge in [0.25, 0.3) is 15.7 Å². The maximum Gasteiger partial charge on any atom is 0.269 e. The van der Waals surface area contributed by atoms with Crippen molar-refractivity contribution in [2.75, 3.05) is 0 Å². The highest BCUT2D eigenvalue weighted by atomic mass is 32.2. The van der Waals surface area contributed by atoms with Crippen molar-refractivity contribution in [1.29, 1.82) is 0 Å². The molecule has 10 nitrogen and oxygen atoms in total. The summed E-state index contributed by atoms with van der Waals surface area (Å²) in [6.45, 7) is 3.81. The smallest absolute Gasteiger partial charge is 0.269 e. The van der Waals surface area contributed by atoms with Gasteiger partial charge >= 0.3 is 0 Å². The molecule has 1 aromatic heterocycles. The monoisotopic (exact) mass is 579 g/mol. The molecule has 3 aromatic carbocycles. The van der Waals surface area contributed by atoms with E-state index < -0.39 is 20.9 Å². The number of rotatable bonds is 12. The summed E-state index contributed by atoms with van der Waals surface area (Å²) in [6.07, 6.45) is 2.78. The molecule has 208 valence electrons. The summed E-state index contributed by atoms with van der Waals surface area (Å²) in [5.74, 6) is 0.812. The van der Waals surface area contributed by atoms with E-state index >= 15 is 0 Å². The number of nitro groups is 1. The van der Waals surface area contributed by atoms with Crippen molar-refractivity contribution in [2.24, 2.45) is 0 Å². The molecule has 4 rings (SSSR count). The molecule has 0 aliphatic rings. The zero-order chi connectivity index (χ0) is 28.7. The van der Waals surface area contributed by atoms with Gasteiger partial charge in [0, 0.05) is 36.8 Å². The SMILES string of the molecule is CCCCc1nnc(SCc2ccc([N+](=O)[O-])cc2)n1Cc1ccc(-c2ccccc2S(=O)(=O)NC(C)=O)cc1. The molecule has 0 atom stereocenters. The summed E-state index contributed by atoms with van der Waals surface area (Å²) in [7, 11) is -4.00. The molecule has 0 saturated carbocycles. The van der Waals surface area contributed by atoms with Crippen molar-refractivity contribution in [3.63, 3.8) is 0 Å². The number of unbranched alkanes of at least 4 members (excludes halogenated alkanes) is 1. The van der Waals surface area contributed by atoms with Gasteiger partial charge in [-0.3, -0.25) is 14.9 Å². The Bertz CT molecular complexity index is 1600. The van der Waals surface area contributed by atoms with Crippen LogP contribution in [0.25, 0.3) is 11.1 Å². The van der Waals surface area contributed by atoms with Gasteiger partial charge in [-0.2, -0.15) is 0 Å². The summed E-state index contributed by atoms with van der Waals surface area (Å²) in [5, 5.41) is 20.5.